The summed E-state index contributed by atoms with van der Waals surface area (Å²) in [6, 6.07) is 18.6. The summed E-state index contributed by atoms with van der Waals surface area (Å²) in [6.45, 7) is 0.504. The van der Waals surface area contributed by atoms with Gasteiger partial charge in [0, 0.05) is 41.9 Å². The van der Waals surface area contributed by atoms with E-state index >= 15 is 0 Å². The normalized spacial score (nSPS) is 11.6. The fraction of sp³-hybridized carbons (Fsp3) is 0.0909. The smallest absolute Gasteiger partial charge is 0.294 e. The molecule has 4 aromatic rings. The Bertz CT molecular complexity index is 1250. The van der Waals surface area contributed by atoms with Crippen LogP contribution in [-0.2, 0) is 13.0 Å². The van der Waals surface area contributed by atoms with Gasteiger partial charge in [0.1, 0.15) is 11.5 Å². The monoisotopic (exact) mass is 420 g/mol. The number of benzene rings is 2. The maximum atomic E-state index is 14.5. The van der Waals surface area contributed by atoms with Gasteiger partial charge >= 0.3 is 0 Å². The first-order valence-electron chi connectivity index (χ1n) is 9.25. The summed E-state index contributed by atoms with van der Waals surface area (Å²) in [5.41, 5.74) is 2.21. The van der Waals surface area contributed by atoms with Gasteiger partial charge in [-0.25, -0.2) is 9.38 Å². The van der Waals surface area contributed by atoms with E-state index < -0.39 is 4.92 Å². The number of para-hydroxylation sites is 2. The Labute approximate surface area is 175 Å². The predicted molar refractivity (Wildman–Crippen MR) is 114 cm³/mol. The van der Waals surface area contributed by atoms with Crippen molar-refractivity contribution in [3.63, 3.8) is 0 Å². The lowest BCUT2D eigenvalue weighted by molar-refractivity contribution is -0.384. The van der Waals surface area contributed by atoms with Crippen molar-refractivity contribution in [2.24, 2.45) is 4.99 Å². The second-order valence-corrected chi connectivity index (χ2v) is 7.30. The van der Waals surface area contributed by atoms with Gasteiger partial charge in [-0.1, -0.05) is 30.3 Å². The second-order valence-electron chi connectivity index (χ2n) is 6.46. The van der Waals surface area contributed by atoms with Gasteiger partial charge in [0.05, 0.1) is 10.6 Å². The van der Waals surface area contributed by atoms with Crippen LogP contribution in [0, 0.1) is 15.9 Å². The molecule has 6 nitrogen and oxygen atoms in total. The summed E-state index contributed by atoms with van der Waals surface area (Å²) >= 11 is 1.32. The molecule has 0 atom stereocenters. The molecule has 0 spiro atoms. The highest BCUT2D eigenvalue weighted by atomic mass is 32.1. The summed E-state index contributed by atoms with van der Waals surface area (Å²) in [5.74, 6) is -0.334. The molecule has 2 aromatic heterocycles. The number of aryl methyl sites for hydroxylation is 1. The molecular formula is C22H17FN4O2S. The second kappa shape index (κ2) is 8.79. The Hall–Kier alpha value is -3.65. The number of thiazole rings is 1. The number of nitro benzene ring substituents is 1. The van der Waals surface area contributed by atoms with E-state index in [-0.39, 0.29) is 17.2 Å². The predicted octanol–water partition coefficient (Wildman–Crippen LogP) is 5.13. The summed E-state index contributed by atoms with van der Waals surface area (Å²) in [5, 5.41) is 13.2. The minimum absolute atomic E-state index is 0.0744. The number of aromatic nitrogens is 2. The minimum Gasteiger partial charge on any atom is -0.316 e. The van der Waals surface area contributed by atoms with Crippen molar-refractivity contribution >= 4 is 22.7 Å². The topological polar surface area (TPSA) is 73.3 Å². The standard InChI is InChI=1S/C22H17FN4O2S/c23-18-9-2-1-8-17(18)21-15-30-22(25-19-10-3-4-11-20(19)27(28)29)26(21)14-12-16-7-5-6-13-24-16/h1-11,13,15H,12,14H2. The highest BCUT2D eigenvalue weighted by Gasteiger charge is 2.15. The molecule has 0 fully saturated rings. The van der Waals surface area contributed by atoms with Crippen molar-refractivity contribution in [1.82, 2.24) is 9.55 Å². The van der Waals surface area contributed by atoms with Crippen molar-refractivity contribution in [3.05, 3.63) is 105 Å². The minimum atomic E-state index is -0.456. The molecule has 2 aromatic carbocycles. The first kappa shape index (κ1) is 19.7. The maximum absolute atomic E-state index is 14.5. The quantitative estimate of drug-likeness (QED) is 0.320. The molecule has 30 heavy (non-hydrogen) atoms. The van der Waals surface area contributed by atoms with E-state index in [0.717, 1.165) is 5.69 Å². The van der Waals surface area contributed by atoms with Gasteiger partial charge in [0.25, 0.3) is 5.69 Å². The van der Waals surface area contributed by atoms with E-state index in [1.807, 2.05) is 28.1 Å². The van der Waals surface area contributed by atoms with Crippen LogP contribution in [0.5, 0.6) is 0 Å². The van der Waals surface area contributed by atoms with Crippen molar-refractivity contribution in [3.8, 4) is 11.3 Å². The number of nitrogens with zero attached hydrogens (tertiary/aromatic N) is 4. The number of rotatable bonds is 6. The molecule has 0 bridgehead atoms. The number of hydrogen-bond acceptors (Lipinski definition) is 5. The summed E-state index contributed by atoms with van der Waals surface area (Å²) in [6.07, 6.45) is 2.34. The van der Waals surface area contributed by atoms with Crippen LogP contribution >= 0.6 is 11.3 Å². The first-order valence-corrected chi connectivity index (χ1v) is 10.1. The third kappa shape index (κ3) is 4.18. The Morgan fingerprint density at radius 3 is 2.60 bits per heavy atom. The number of hydrogen-bond donors (Lipinski definition) is 0. The van der Waals surface area contributed by atoms with Gasteiger partial charge in [-0.3, -0.25) is 15.1 Å². The Kier molecular flexibility index (Phi) is 5.76. The van der Waals surface area contributed by atoms with E-state index in [4.69, 9.17) is 0 Å². The van der Waals surface area contributed by atoms with Crippen molar-refractivity contribution < 1.29 is 9.31 Å². The SMILES string of the molecule is O=[N+]([O-])c1ccccc1N=c1scc(-c2ccccc2F)n1CCc1ccccn1. The lowest BCUT2D eigenvalue weighted by atomic mass is 10.1. The van der Waals surface area contributed by atoms with Gasteiger partial charge in [0.2, 0.25) is 0 Å². The molecule has 0 aliphatic carbocycles. The lowest BCUT2D eigenvalue weighted by Crippen LogP contribution is -2.18. The summed E-state index contributed by atoms with van der Waals surface area (Å²) < 4.78 is 16.4. The van der Waals surface area contributed by atoms with Crippen LogP contribution in [0.25, 0.3) is 11.3 Å². The van der Waals surface area contributed by atoms with Crippen molar-refractivity contribution in [1.29, 1.82) is 0 Å². The van der Waals surface area contributed by atoms with E-state index in [2.05, 4.69) is 9.98 Å². The van der Waals surface area contributed by atoms with Crippen LogP contribution in [0.15, 0.2) is 83.3 Å². The summed E-state index contributed by atoms with van der Waals surface area (Å²) in [4.78, 5) is 20.4. The number of halogens is 1. The molecule has 0 saturated heterocycles. The van der Waals surface area contributed by atoms with Gasteiger partial charge in [-0.05, 0) is 30.3 Å². The van der Waals surface area contributed by atoms with Crippen LogP contribution < -0.4 is 4.80 Å². The molecule has 150 valence electrons. The largest absolute Gasteiger partial charge is 0.316 e. The van der Waals surface area contributed by atoms with Crippen LogP contribution in [0.2, 0.25) is 0 Å². The van der Waals surface area contributed by atoms with Crippen LogP contribution in [-0.4, -0.2) is 14.5 Å². The Morgan fingerprint density at radius 2 is 1.83 bits per heavy atom. The molecule has 0 unspecified atom stereocenters. The van der Waals surface area contributed by atoms with Crippen LogP contribution in [0.3, 0.4) is 0 Å². The van der Waals surface area contributed by atoms with E-state index in [9.17, 15) is 14.5 Å². The average molecular weight is 420 g/mol. The first-order chi connectivity index (χ1) is 14.6. The van der Waals surface area contributed by atoms with E-state index in [0.29, 0.717) is 29.0 Å². The van der Waals surface area contributed by atoms with Crippen molar-refractivity contribution in [2.45, 2.75) is 13.0 Å². The molecule has 8 heteroatoms. The van der Waals surface area contributed by atoms with Gasteiger partial charge in [-0.15, -0.1) is 11.3 Å². The fourth-order valence-corrected chi connectivity index (χ4v) is 4.05. The highest BCUT2D eigenvalue weighted by Crippen LogP contribution is 2.27. The van der Waals surface area contributed by atoms with Crippen LogP contribution in [0.4, 0.5) is 15.8 Å². The lowest BCUT2D eigenvalue weighted by Gasteiger charge is -2.10. The van der Waals surface area contributed by atoms with Crippen LogP contribution in [0.1, 0.15) is 5.69 Å². The Morgan fingerprint density at radius 1 is 1.07 bits per heavy atom. The molecule has 0 radical (unpaired) electrons. The molecule has 0 aliphatic rings. The number of pyridine rings is 1. The molecule has 2 heterocycles. The zero-order chi connectivity index (χ0) is 20.9. The van der Waals surface area contributed by atoms with Gasteiger partial charge in [0.15, 0.2) is 4.80 Å². The molecule has 4 rings (SSSR count). The third-order valence-corrected chi connectivity index (χ3v) is 5.42. The summed E-state index contributed by atoms with van der Waals surface area (Å²) in [7, 11) is 0. The maximum Gasteiger partial charge on any atom is 0.294 e. The number of nitro groups is 1. The molecule has 0 aliphatic heterocycles. The van der Waals surface area contributed by atoms with Crippen molar-refractivity contribution in [2.75, 3.05) is 0 Å². The third-order valence-electron chi connectivity index (χ3n) is 4.56. The van der Waals surface area contributed by atoms with E-state index in [1.165, 1.54) is 23.5 Å². The average Bonchev–Trinajstić information content (AvgIpc) is 3.15. The van der Waals surface area contributed by atoms with Gasteiger partial charge < -0.3 is 4.57 Å². The van der Waals surface area contributed by atoms with Gasteiger partial charge in [-0.2, -0.15) is 0 Å². The Balaban J connectivity index is 1.83. The van der Waals surface area contributed by atoms with E-state index in [1.54, 1.807) is 42.6 Å². The highest BCUT2D eigenvalue weighted by molar-refractivity contribution is 7.07. The zero-order valence-electron chi connectivity index (χ0n) is 15.8. The molecule has 0 N–H and O–H groups in total. The zero-order valence-corrected chi connectivity index (χ0v) is 16.6. The fourth-order valence-electron chi connectivity index (χ4n) is 3.11. The molecule has 0 saturated carbocycles. The molecule has 0 amide bonds. The molecular weight excluding hydrogens is 403 g/mol.